The predicted molar refractivity (Wildman–Crippen MR) is 123 cm³/mol. The Hall–Kier alpha value is -2.93. The maximum Gasteiger partial charge on any atom is 0.133 e. The highest BCUT2D eigenvalue weighted by molar-refractivity contribution is 14.0. The van der Waals surface area contributed by atoms with Gasteiger partial charge < -0.3 is 16.0 Å². The van der Waals surface area contributed by atoms with Crippen molar-refractivity contribution in [2.24, 2.45) is 0 Å². The minimum Gasteiger partial charge on any atom is -0.399 e. The predicted octanol–water partition coefficient (Wildman–Crippen LogP) is 4.20. The number of halogens is 1. The Labute approximate surface area is 183 Å². The third-order valence-electron chi connectivity index (χ3n) is 4.37. The summed E-state index contributed by atoms with van der Waals surface area (Å²) >= 11 is 0. The van der Waals surface area contributed by atoms with Crippen LogP contribution in [0.15, 0.2) is 47.4 Å². The molecular weight excluding hydrogens is 467 g/mol. The average Bonchev–Trinajstić information content (AvgIpc) is 3.24. The molecule has 0 bridgehead atoms. The number of anilines is 2. The number of hydrogen-bond donors (Lipinski definition) is 3. The largest absolute Gasteiger partial charge is 0.399 e. The Kier molecular flexibility index (Phi) is 7.52. The summed E-state index contributed by atoms with van der Waals surface area (Å²) in [5.41, 5.74) is 17.0. The molecule has 0 spiro atoms. The highest BCUT2D eigenvalue weighted by atomic mass is 127. The zero-order chi connectivity index (χ0) is 19.2. The minimum atomic E-state index is 0. The van der Waals surface area contributed by atoms with Gasteiger partial charge >= 0.3 is 0 Å². The van der Waals surface area contributed by atoms with Crippen molar-refractivity contribution >= 4 is 41.1 Å². The molecule has 0 fully saturated rings. The molecule has 1 aromatic carbocycles. The van der Waals surface area contributed by atoms with E-state index in [2.05, 4.69) is 20.7 Å². The van der Waals surface area contributed by atoms with Crippen LogP contribution in [0.2, 0.25) is 0 Å². The third kappa shape index (κ3) is 5.07. The maximum atomic E-state index is 8.65. The van der Waals surface area contributed by atoms with Gasteiger partial charge in [-0.1, -0.05) is 5.16 Å². The van der Waals surface area contributed by atoms with Gasteiger partial charge in [0.25, 0.3) is 0 Å². The van der Waals surface area contributed by atoms with Crippen molar-refractivity contribution in [2.75, 3.05) is 11.5 Å². The summed E-state index contributed by atoms with van der Waals surface area (Å²) in [4.78, 5) is 4.27. The van der Waals surface area contributed by atoms with Crippen molar-refractivity contribution in [3.63, 3.8) is 0 Å². The van der Waals surface area contributed by atoms with E-state index in [-0.39, 0.29) is 32.5 Å². The number of nitrogens with one attached hydrogen (secondary N) is 1. The van der Waals surface area contributed by atoms with E-state index >= 15 is 0 Å². The quantitative estimate of drug-likeness (QED) is 0.279. The molecule has 1 aliphatic rings. The van der Waals surface area contributed by atoms with E-state index in [4.69, 9.17) is 22.1 Å². The molecule has 5 N–H and O–H groups in total. The SMILES string of the molecule is I.N#Cc1cnc2c(c1)CCCC2.N=C(c1cnoc1)c1cc(N)ccc1N.[HH].[HH]. The van der Waals surface area contributed by atoms with Gasteiger partial charge in [-0.3, -0.25) is 10.4 Å². The number of nitrogens with zero attached hydrogens (tertiary/aromatic N) is 3. The van der Waals surface area contributed by atoms with Gasteiger partial charge in [0.1, 0.15) is 12.3 Å². The summed E-state index contributed by atoms with van der Waals surface area (Å²) in [5, 5.41) is 20.1. The van der Waals surface area contributed by atoms with E-state index in [1.807, 2.05) is 6.07 Å². The Bertz CT molecular complexity index is 1010. The van der Waals surface area contributed by atoms with Crippen molar-refractivity contribution in [1.82, 2.24) is 10.1 Å². The number of hydrogen-bond acceptors (Lipinski definition) is 7. The van der Waals surface area contributed by atoms with E-state index in [1.165, 1.54) is 36.6 Å². The first-order valence-corrected chi connectivity index (χ1v) is 8.60. The summed E-state index contributed by atoms with van der Waals surface area (Å²) in [5.74, 6) is 0. The molecule has 2 aromatic heterocycles. The molecule has 1 aliphatic carbocycles. The van der Waals surface area contributed by atoms with Crippen molar-refractivity contribution in [2.45, 2.75) is 25.7 Å². The van der Waals surface area contributed by atoms with E-state index in [0.29, 0.717) is 28.1 Å². The molecule has 0 saturated carbocycles. The van der Waals surface area contributed by atoms with Gasteiger partial charge in [-0.05, 0) is 55.5 Å². The highest BCUT2D eigenvalue weighted by Gasteiger charge is 2.11. The number of nitrogen functional groups attached to an aromatic ring is 2. The number of rotatable bonds is 2. The van der Waals surface area contributed by atoms with Crippen LogP contribution in [0, 0.1) is 16.7 Å². The second kappa shape index (κ2) is 9.85. The first-order chi connectivity index (χ1) is 13.1. The number of benzene rings is 1. The number of aromatic nitrogens is 2. The number of nitriles is 1. The van der Waals surface area contributed by atoms with Crippen LogP contribution in [0.4, 0.5) is 11.4 Å². The minimum absolute atomic E-state index is 0. The highest BCUT2D eigenvalue weighted by Crippen LogP contribution is 2.20. The van der Waals surface area contributed by atoms with Gasteiger partial charge in [-0.25, -0.2) is 0 Å². The Morgan fingerprint density at radius 2 is 1.96 bits per heavy atom. The first-order valence-electron chi connectivity index (χ1n) is 8.60. The normalized spacial score (nSPS) is 11.8. The lowest BCUT2D eigenvalue weighted by molar-refractivity contribution is 0.419. The molecule has 0 saturated heterocycles. The van der Waals surface area contributed by atoms with E-state index < -0.39 is 0 Å². The Morgan fingerprint density at radius 3 is 2.68 bits per heavy atom. The van der Waals surface area contributed by atoms with E-state index in [9.17, 15) is 0 Å². The fourth-order valence-corrected chi connectivity index (χ4v) is 2.92. The monoisotopic (exact) mass is 492 g/mol. The van der Waals surface area contributed by atoms with Crippen LogP contribution in [-0.4, -0.2) is 15.9 Å². The summed E-state index contributed by atoms with van der Waals surface area (Å²) in [6.07, 6.45) is 9.19. The van der Waals surface area contributed by atoms with Gasteiger partial charge in [0.05, 0.1) is 23.0 Å². The lowest BCUT2D eigenvalue weighted by Crippen LogP contribution is -2.05. The summed E-state index contributed by atoms with van der Waals surface area (Å²) in [6, 6.07) is 9.11. The van der Waals surface area contributed by atoms with E-state index in [1.54, 1.807) is 24.4 Å². The Morgan fingerprint density at radius 1 is 1.18 bits per heavy atom. The van der Waals surface area contributed by atoms with Gasteiger partial charge in [0.15, 0.2) is 0 Å². The van der Waals surface area contributed by atoms with Gasteiger partial charge in [-0.15, -0.1) is 24.0 Å². The molecule has 0 amide bonds. The van der Waals surface area contributed by atoms with Gasteiger partial charge in [0.2, 0.25) is 0 Å². The third-order valence-corrected chi connectivity index (χ3v) is 4.37. The zero-order valence-electron chi connectivity index (χ0n) is 15.2. The topological polar surface area (TPSA) is 139 Å². The van der Waals surface area contributed by atoms with Gasteiger partial charge in [0, 0.05) is 31.7 Å². The average molecular weight is 492 g/mol. The van der Waals surface area contributed by atoms with Crippen molar-refractivity contribution in [1.29, 1.82) is 10.7 Å². The summed E-state index contributed by atoms with van der Waals surface area (Å²) < 4.78 is 4.66. The molecule has 8 heteroatoms. The fraction of sp³-hybridized carbons (Fsp3) is 0.200. The summed E-state index contributed by atoms with van der Waals surface area (Å²) in [6.45, 7) is 0. The van der Waals surface area contributed by atoms with Crippen molar-refractivity contribution < 1.29 is 7.38 Å². The molecule has 0 aliphatic heterocycles. The lowest BCUT2D eigenvalue weighted by atomic mass is 9.95. The molecule has 148 valence electrons. The Balaban J connectivity index is 0.000000519. The standard InChI is InChI=1S/C10H10N4O.C10H10N2.HI.2H2/c11-7-1-2-9(12)8(3-7)10(13)6-4-14-15-5-6;11-6-8-5-9-3-1-2-4-10(9)12-7-8;;;/h1-5,13H,11-12H2;5,7H,1-4H2;3*1H. The number of pyridine rings is 1. The second-order valence-electron chi connectivity index (χ2n) is 6.28. The van der Waals surface area contributed by atoms with Crippen molar-refractivity contribution in [3.8, 4) is 6.07 Å². The molecule has 28 heavy (non-hydrogen) atoms. The number of fused-ring (bicyclic) bond motifs is 1. The lowest BCUT2D eigenvalue weighted by Gasteiger charge is -2.13. The van der Waals surface area contributed by atoms with Crippen LogP contribution >= 0.6 is 24.0 Å². The van der Waals surface area contributed by atoms with Crippen LogP contribution < -0.4 is 11.5 Å². The number of nitrogens with two attached hydrogens (primary N) is 2. The van der Waals surface area contributed by atoms with Crippen molar-refractivity contribution in [3.05, 3.63) is 70.9 Å². The zero-order valence-corrected chi connectivity index (χ0v) is 17.5. The first kappa shape index (κ1) is 21.4. The number of aryl methyl sites for hydroxylation is 2. The molecule has 7 nitrogen and oxygen atoms in total. The molecule has 0 unspecified atom stereocenters. The van der Waals surface area contributed by atoms with Crippen LogP contribution in [0.3, 0.4) is 0 Å². The molecule has 0 radical (unpaired) electrons. The van der Waals surface area contributed by atoms with E-state index in [0.717, 1.165) is 12.8 Å². The molecule has 2 heterocycles. The molecule has 3 aromatic rings. The van der Waals surface area contributed by atoms with Gasteiger partial charge in [-0.2, -0.15) is 5.26 Å². The van der Waals surface area contributed by atoms with Crippen LogP contribution in [-0.2, 0) is 12.8 Å². The van der Waals surface area contributed by atoms with Crippen LogP contribution in [0.25, 0.3) is 0 Å². The molecule has 0 atom stereocenters. The molecule has 4 rings (SSSR count). The summed E-state index contributed by atoms with van der Waals surface area (Å²) in [7, 11) is 0. The second-order valence-corrected chi connectivity index (χ2v) is 6.28. The maximum absolute atomic E-state index is 8.65. The van der Waals surface area contributed by atoms with Crippen LogP contribution in [0.1, 0.15) is 43.6 Å². The fourth-order valence-electron chi connectivity index (χ4n) is 2.92. The van der Waals surface area contributed by atoms with Crippen LogP contribution in [0.5, 0.6) is 0 Å². The molecular formula is C20H25IN6O. The smallest absolute Gasteiger partial charge is 0.133 e.